The average molecular weight is 458 g/mol. The van der Waals surface area contributed by atoms with E-state index in [0.717, 1.165) is 0 Å². The Bertz CT molecular complexity index is 559. The van der Waals surface area contributed by atoms with Gasteiger partial charge in [-0.05, 0) is 12.8 Å². The molecule has 0 unspecified atom stereocenters. The molecule has 0 aromatic heterocycles. The topological polar surface area (TPSA) is 57.2 Å². The molecular formula is C10H10F11KO3S. The van der Waals surface area contributed by atoms with E-state index in [0.29, 0.717) is 0 Å². The molecule has 0 saturated carbocycles. The molecule has 0 fully saturated rings. The van der Waals surface area contributed by atoms with Crippen LogP contribution in [0.2, 0.25) is 0 Å². The zero-order chi connectivity index (χ0) is 20.5. The maximum atomic E-state index is 13.2. The van der Waals surface area contributed by atoms with Crippen LogP contribution >= 0.6 is 0 Å². The third kappa shape index (κ3) is 6.40. The van der Waals surface area contributed by atoms with Gasteiger partial charge in [-0.2, -0.15) is 48.3 Å². The first kappa shape index (κ1) is 29.0. The van der Waals surface area contributed by atoms with Crippen molar-refractivity contribution >= 4 is 10.1 Å². The summed E-state index contributed by atoms with van der Waals surface area (Å²) in [6, 6.07) is 0. The van der Waals surface area contributed by atoms with E-state index >= 15 is 0 Å². The van der Waals surface area contributed by atoms with Crippen LogP contribution in [-0.2, 0) is 10.1 Å². The largest absolute Gasteiger partial charge is 1.00 e. The minimum atomic E-state index is -7.42. The predicted octanol–water partition coefficient (Wildman–Crippen LogP) is 1.55. The van der Waals surface area contributed by atoms with Crippen molar-refractivity contribution in [2.75, 3.05) is 0 Å². The van der Waals surface area contributed by atoms with E-state index in [-0.39, 0.29) is 51.4 Å². The summed E-state index contributed by atoms with van der Waals surface area (Å²) >= 11 is 0. The van der Waals surface area contributed by atoms with Crippen molar-refractivity contribution < 1.29 is 113 Å². The molecule has 0 heterocycles. The fraction of sp³-hybridized carbons (Fsp3) is 1.00. The molecule has 26 heavy (non-hydrogen) atoms. The Kier molecular flexibility index (Phi) is 10.1. The SMILES string of the molecule is O=S(=O)([O-])C(F)(F)C(F)(F)C(F)(F)C(F)(F)CCCCCC(F)(F)F.[K+]. The van der Waals surface area contributed by atoms with Crippen molar-refractivity contribution in [3.05, 3.63) is 0 Å². The van der Waals surface area contributed by atoms with Crippen LogP contribution in [-0.4, -0.2) is 42.2 Å². The Morgan fingerprint density at radius 2 is 1.04 bits per heavy atom. The normalized spacial score (nSPS) is 14.9. The van der Waals surface area contributed by atoms with Crippen molar-refractivity contribution in [1.29, 1.82) is 0 Å². The quantitative estimate of drug-likeness (QED) is 0.228. The Balaban J connectivity index is 0. The van der Waals surface area contributed by atoms with Crippen LogP contribution in [0.4, 0.5) is 48.3 Å². The van der Waals surface area contributed by atoms with Gasteiger partial charge < -0.3 is 4.55 Å². The molecule has 0 aliphatic rings. The monoisotopic (exact) mass is 458 g/mol. The minimum absolute atomic E-state index is 0. The van der Waals surface area contributed by atoms with Crippen molar-refractivity contribution in [2.24, 2.45) is 0 Å². The number of rotatable bonds is 9. The summed E-state index contributed by atoms with van der Waals surface area (Å²) in [6.07, 6.45) is -11.1. The van der Waals surface area contributed by atoms with Gasteiger partial charge in [0, 0.05) is 12.8 Å². The zero-order valence-corrected chi connectivity index (χ0v) is 16.8. The van der Waals surface area contributed by atoms with Crippen molar-refractivity contribution in [3.8, 4) is 0 Å². The second-order valence-corrected chi connectivity index (χ2v) is 6.42. The Hall–Kier alpha value is 0.776. The van der Waals surface area contributed by atoms with E-state index < -0.39 is 71.4 Å². The van der Waals surface area contributed by atoms with Gasteiger partial charge in [0.15, 0.2) is 10.1 Å². The molecule has 0 radical (unpaired) electrons. The molecule has 16 heteroatoms. The van der Waals surface area contributed by atoms with Crippen LogP contribution in [0, 0.1) is 0 Å². The maximum absolute atomic E-state index is 13.2. The van der Waals surface area contributed by atoms with Gasteiger partial charge in [0.1, 0.15) is 0 Å². The molecule has 0 atom stereocenters. The number of alkyl halides is 11. The first-order valence-corrected chi connectivity index (χ1v) is 7.65. The van der Waals surface area contributed by atoms with Crippen LogP contribution in [0.25, 0.3) is 0 Å². The molecule has 0 rings (SSSR count). The zero-order valence-electron chi connectivity index (χ0n) is 12.8. The molecule has 0 aliphatic heterocycles. The first-order chi connectivity index (χ1) is 10.7. The Morgan fingerprint density at radius 3 is 1.38 bits per heavy atom. The summed E-state index contributed by atoms with van der Waals surface area (Å²) < 4.78 is 169. The summed E-state index contributed by atoms with van der Waals surface area (Å²) in [5.74, 6) is -20.1. The van der Waals surface area contributed by atoms with Gasteiger partial charge in [-0.1, -0.05) is 6.42 Å². The van der Waals surface area contributed by atoms with Crippen molar-refractivity contribution in [1.82, 2.24) is 0 Å². The first-order valence-electron chi connectivity index (χ1n) is 6.24. The minimum Gasteiger partial charge on any atom is -0.743 e. The van der Waals surface area contributed by atoms with E-state index in [1.807, 2.05) is 0 Å². The van der Waals surface area contributed by atoms with E-state index in [2.05, 4.69) is 0 Å². The van der Waals surface area contributed by atoms with Crippen LogP contribution in [0.1, 0.15) is 32.1 Å². The number of hydrogen-bond acceptors (Lipinski definition) is 3. The molecule has 0 bridgehead atoms. The molecule has 0 aromatic carbocycles. The van der Waals surface area contributed by atoms with Gasteiger partial charge in [0.25, 0.3) is 0 Å². The maximum Gasteiger partial charge on any atom is 1.00 e. The fourth-order valence-electron chi connectivity index (χ4n) is 1.58. The summed E-state index contributed by atoms with van der Waals surface area (Å²) in [7, 11) is -7.42. The molecular weight excluding hydrogens is 448 g/mol. The van der Waals surface area contributed by atoms with Crippen LogP contribution in [0.15, 0.2) is 0 Å². The Morgan fingerprint density at radius 1 is 0.654 bits per heavy atom. The molecule has 0 N–H and O–H groups in total. The molecule has 3 nitrogen and oxygen atoms in total. The summed E-state index contributed by atoms with van der Waals surface area (Å²) in [5, 5.41) is -7.04. The van der Waals surface area contributed by atoms with Crippen molar-refractivity contribution in [3.63, 3.8) is 0 Å². The molecule has 0 saturated heterocycles. The van der Waals surface area contributed by atoms with Gasteiger partial charge in [-0.3, -0.25) is 0 Å². The van der Waals surface area contributed by atoms with Crippen molar-refractivity contribution in [2.45, 2.75) is 61.3 Å². The van der Waals surface area contributed by atoms with Gasteiger partial charge >= 0.3 is 80.6 Å². The van der Waals surface area contributed by atoms with Gasteiger partial charge in [-0.15, -0.1) is 0 Å². The van der Waals surface area contributed by atoms with Crippen LogP contribution < -0.4 is 51.4 Å². The summed E-state index contributed by atoms with van der Waals surface area (Å²) in [4.78, 5) is 0. The number of hydrogen-bond donors (Lipinski definition) is 0. The summed E-state index contributed by atoms with van der Waals surface area (Å²) in [6.45, 7) is 0. The summed E-state index contributed by atoms with van der Waals surface area (Å²) in [5.41, 5.74) is 0. The molecule has 0 aromatic rings. The second-order valence-electron chi connectivity index (χ2n) is 5.00. The van der Waals surface area contributed by atoms with Crippen LogP contribution in [0.5, 0.6) is 0 Å². The Labute approximate surface area is 182 Å². The van der Waals surface area contributed by atoms with E-state index in [9.17, 15) is 61.3 Å². The van der Waals surface area contributed by atoms with Crippen LogP contribution in [0.3, 0.4) is 0 Å². The van der Waals surface area contributed by atoms with Gasteiger partial charge in [0.2, 0.25) is 0 Å². The number of halogens is 11. The van der Waals surface area contributed by atoms with Gasteiger partial charge in [-0.25, -0.2) is 8.42 Å². The molecule has 0 spiro atoms. The molecule has 0 amide bonds. The standard InChI is InChI=1S/C10H11F11O3S.K/c11-6(12,4-2-1-3-5-7(13,14)15)8(16,17)9(18,19)10(20,21)25(22,23)24;/h1-5H2,(H,22,23,24);/q;+1/p-1. The smallest absolute Gasteiger partial charge is 0.743 e. The molecule has 152 valence electrons. The number of unbranched alkanes of at least 4 members (excludes halogenated alkanes) is 2. The van der Waals surface area contributed by atoms with E-state index in [1.165, 1.54) is 0 Å². The second kappa shape index (κ2) is 9.07. The van der Waals surface area contributed by atoms with E-state index in [4.69, 9.17) is 0 Å². The molecule has 0 aliphatic carbocycles. The third-order valence-electron chi connectivity index (χ3n) is 2.98. The third-order valence-corrected chi connectivity index (χ3v) is 3.87. The van der Waals surface area contributed by atoms with Gasteiger partial charge in [0.05, 0.1) is 0 Å². The van der Waals surface area contributed by atoms with E-state index in [1.54, 1.807) is 0 Å². The fourth-order valence-corrected chi connectivity index (χ4v) is 2.02. The predicted molar refractivity (Wildman–Crippen MR) is 58.6 cm³/mol. The average Bonchev–Trinajstić information content (AvgIpc) is 2.34.